The largest absolute Gasteiger partial charge is 0.252 e. The van der Waals surface area contributed by atoms with Crippen molar-refractivity contribution in [3.63, 3.8) is 0 Å². The lowest BCUT2D eigenvalue weighted by molar-refractivity contribution is 0.724. The standard InChI is InChI=1S/C29H38N4S/c1-3-5-9-19-27(21-25-15-11-7-12-16-25)23-30-32-29(34)33-31-24-28(20-10-6-4-2)22-26-17-13-8-14-18-26/h7-8,11-18,21-24H,3-6,9-10,19-20H2,1-2H3,(H2,32,33,34)/b27-21-,28-22+,30-23+,31-24-. The van der Waals surface area contributed by atoms with Gasteiger partial charge in [-0.2, -0.15) is 10.2 Å². The van der Waals surface area contributed by atoms with Crippen LogP contribution in [0.2, 0.25) is 0 Å². The fraction of sp³-hybridized carbons (Fsp3) is 0.345. The summed E-state index contributed by atoms with van der Waals surface area (Å²) in [5.41, 5.74) is 10.4. The molecule has 0 bridgehead atoms. The van der Waals surface area contributed by atoms with E-state index in [-0.39, 0.29) is 0 Å². The number of benzene rings is 2. The third-order valence-electron chi connectivity index (χ3n) is 5.23. The Balaban J connectivity index is 1.93. The van der Waals surface area contributed by atoms with Gasteiger partial charge in [-0.15, -0.1) is 0 Å². The summed E-state index contributed by atoms with van der Waals surface area (Å²) in [4.78, 5) is 0. The zero-order valence-electron chi connectivity index (χ0n) is 20.5. The quantitative estimate of drug-likeness (QED) is 0.127. The molecule has 0 saturated heterocycles. The van der Waals surface area contributed by atoms with Crippen LogP contribution in [0.1, 0.15) is 76.3 Å². The SMILES string of the molecule is CCCCCC(=C/c1ccccc1)/C=N/NC(=S)N/N=C\C(=C\c1ccccc1)CCCCC. The predicted octanol–water partition coefficient (Wildman–Crippen LogP) is 7.75. The number of thiocarbonyl (C=S) groups is 1. The molecule has 2 rings (SSSR count). The van der Waals surface area contributed by atoms with Crippen molar-refractivity contribution in [1.29, 1.82) is 0 Å². The first-order chi connectivity index (χ1) is 16.7. The predicted molar refractivity (Wildman–Crippen MR) is 153 cm³/mol. The highest BCUT2D eigenvalue weighted by Crippen LogP contribution is 2.13. The van der Waals surface area contributed by atoms with Crippen molar-refractivity contribution in [3.8, 4) is 0 Å². The molecule has 0 heterocycles. The van der Waals surface area contributed by atoms with Crippen LogP contribution in [0.25, 0.3) is 12.2 Å². The molecule has 0 radical (unpaired) electrons. The minimum absolute atomic E-state index is 0.368. The highest BCUT2D eigenvalue weighted by atomic mass is 32.1. The molecule has 5 heteroatoms. The molecule has 0 saturated carbocycles. The summed E-state index contributed by atoms with van der Waals surface area (Å²) in [5, 5.41) is 9.04. The third kappa shape index (κ3) is 12.3. The number of nitrogens with one attached hydrogen (secondary N) is 2. The van der Waals surface area contributed by atoms with Crippen molar-refractivity contribution in [2.24, 2.45) is 10.2 Å². The second kappa shape index (κ2) is 17.4. The van der Waals surface area contributed by atoms with E-state index in [2.05, 4.69) is 71.3 Å². The number of hydrogen-bond donors (Lipinski definition) is 2. The molecular weight excluding hydrogens is 436 g/mol. The number of unbranched alkanes of at least 4 members (excludes halogenated alkanes) is 4. The Morgan fingerprint density at radius 1 is 0.676 bits per heavy atom. The molecule has 0 aliphatic rings. The number of allylic oxidation sites excluding steroid dienone is 2. The molecule has 0 unspecified atom stereocenters. The second-order valence-electron chi connectivity index (χ2n) is 8.24. The normalized spacial score (nSPS) is 12.4. The average Bonchev–Trinajstić information content (AvgIpc) is 2.85. The molecule has 0 spiro atoms. The van der Waals surface area contributed by atoms with E-state index in [4.69, 9.17) is 12.2 Å². The van der Waals surface area contributed by atoms with Crippen LogP contribution >= 0.6 is 12.2 Å². The van der Waals surface area contributed by atoms with Crippen molar-refractivity contribution in [1.82, 2.24) is 10.9 Å². The van der Waals surface area contributed by atoms with Crippen LogP contribution in [-0.2, 0) is 0 Å². The van der Waals surface area contributed by atoms with Gasteiger partial charge in [-0.25, -0.2) is 0 Å². The lowest BCUT2D eigenvalue weighted by Gasteiger charge is -2.05. The minimum atomic E-state index is 0.368. The molecular formula is C29H38N4S. The second-order valence-corrected chi connectivity index (χ2v) is 8.65. The van der Waals surface area contributed by atoms with Crippen molar-refractivity contribution in [2.75, 3.05) is 0 Å². The van der Waals surface area contributed by atoms with Crippen molar-refractivity contribution in [3.05, 3.63) is 82.9 Å². The fourth-order valence-electron chi connectivity index (χ4n) is 3.41. The maximum Gasteiger partial charge on any atom is 0.207 e. The van der Waals surface area contributed by atoms with Crippen LogP contribution in [-0.4, -0.2) is 17.5 Å². The first-order valence-corrected chi connectivity index (χ1v) is 12.8. The maximum absolute atomic E-state index is 5.34. The number of hydrogen-bond acceptors (Lipinski definition) is 3. The van der Waals surface area contributed by atoms with E-state index in [0.29, 0.717) is 5.11 Å². The smallest absolute Gasteiger partial charge is 0.207 e. The Morgan fingerprint density at radius 3 is 1.47 bits per heavy atom. The number of hydrazone groups is 2. The molecule has 0 fully saturated rings. The van der Waals surface area contributed by atoms with Crippen molar-refractivity contribution < 1.29 is 0 Å². The number of rotatable bonds is 14. The first-order valence-electron chi connectivity index (χ1n) is 12.3. The van der Waals surface area contributed by atoms with Gasteiger partial charge in [-0.1, -0.05) is 112 Å². The van der Waals surface area contributed by atoms with E-state index in [1.165, 1.54) is 48.0 Å². The van der Waals surface area contributed by atoms with Gasteiger partial charge in [0.25, 0.3) is 0 Å². The van der Waals surface area contributed by atoms with E-state index < -0.39 is 0 Å². The average molecular weight is 475 g/mol. The molecule has 2 aromatic rings. The van der Waals surface area contributed by atoms with E-state index >= 15 is 0 Å². The van der Waals surface area contributed by atoms with Crippen molar-refractivity contribution >= 4 is 41.9 Å². The van der Waals surface area contributed by atoms with Crippen LogP contribution in [0.3, 0.4) is 0 Å². The first kappa shape index (κ1) is 27.2. The Hall–Kier alpha value is -3.05. The van der Waals surface area contributed by atoms with E-state index in [1.807, 2.05) is 48.8 Å². The molecule has 0 amide bonds. The van der Waals surface area contributed by atoms with E-state index in [0.717, 1.165) is 25.7 Å². The van der Waals surface area contributed by atoms with Crippen LogP contribution in [0.5, 0.6) is 0 Å². The molecule has 0 aromatic heterocycles. The third-order valence-corrected chi connectivity index (χ3v) is 5.42. The Bertz CT molecular complexity index is 869. The molecule has 2 aromatic carbocycles. The highest BCUT2D eigenvalue weighted by molar-refractivity contribution is 7.80. The van der Waals surface area contributed by atoms with Gasteiger partial charge >= 0.3 is 0 Å². The summed E-state index contributed by atoms with van der Waals surface area (Å²) in [6.07, 6.45) is 17.1. The summed E-state index contributed by atoms with van der Waals surface area (Å²) in [6, 6.07) is 20.6. The Labute approximate surface area is 211 Å². The number of nitrogens with zero attached hydrogens (tertiary/aromatic N) is 2. The molecule has 0 aliphatic heterocycles. The molecule has 0 aliphatic carbocycles. The fourth-order valence-corrected chi connectivity index (χ4v) is 3.51. The Morgan fingerprint density at radius 2 is 1.09 bits per heavy atom. The van der Waals surface area contributed by atoms with Gasteiger partial charge in [-0.3, -0.25) is 10.9 Å². The molecule has 4 nitrogen and oxygen atoms in total. The van der Waals surface area contributed by atoms with Crippen LogP contribution in [0.15, 0.2) is 82.0 Å². The zero-order chi connectivity index (χ0) is 24.3. The lowest BCUT2D eigenvalue weighted by atomic mass is 10.1. The maximum atomic E-state index is 5.34. The Kier molecular flexibility index (Phi) is 13.9. The van der Waals surface area contributed by atoms with Crippen LogP contribution in [0, 0.1) is 0 Å². The lowest BCUT2D eigenvalue weighted by Crippen LogP contribution is -2.28. The summed E-state index contributed by atoms with van der Waals surface area (Å²) in [6.45, 7) is 4.43. The summed E-state index contributed by atoms with van der Waals surface area (Å²) in [7, 11) is 0. The summed E-state index contributed by atoms with van der Waals surface area (Å²) >= 11 is 5.34. The van der Waals surface area contributed by atoms with Gasteiger partial charge in [0.2, 0.25) is 5.11 Å². The topological polar surface area (TPSA) is 48.8 Å². The van der Waals surface area contributed by atoms with Gasteiger partial charge < -0.3 is 0 Å². The zero-order valence-corrected chi connectivity index (χ0v) is 21.4. The monoisotopic (exact) mass is 474 g/mol. The van der Waals surface area contributed by atoms with Crippen molar-refractivity contribution in [2.45, 2.75) is 65.2 Å². The van der Waals surface area contributed by atoms with Gasteiger partial charge in [0.15, 0.2) is 0 Å². The summed E-state index contributed by atoms with van der Waals surface area (Å²) in [5.74, 6) is 0. The molecule has 0 atom stereocenters. The molecule has 180 valence electrons. The van der Waals surface area contributed by atoms with Gasteiger partial charge in [0.1, 0.15) is 0 Å². The van der Waals surface area contributed by atoms with Gasteiger partial charge in [-0.05, 0) is 60.2 Å². The summed E-state index contributed by atoms with van der Waals surface area (Å²) < 4.78 is 0. The van der Waals surface area contributed by atoms with Gasteiger partial charge in [0, 0.05) is 0 Å². The van der Waals surface area contributed by atoms with E-state index in [9.17, 15) is 0 Å². The van der Waals surface area contributed by atoms with Crippen LogP contribution in [0.4, 0.5) is 0 Å². The van der Waals surface area contributed by atoms with Gasteiger partial charge in [0.05, 0.1) is 12.4 Å². The highest BCUT2D eigenvalue weighted by Gasteiger charge is 1.98. The molecule has 34 heavy (non-hydrogen) atoms. The van der Waals surface area contributed by atoms with E-state index in [1.54, 1.807) is 0 Å². The minimum Gasteiger partial charge on any atom is -0.252 e. The van der Waals surface area contributed by atoms with Crippen LogP contribution < -0.4 is 10.9 Å². The molecule has 2 N–H and O–H groups in total.